The van der Waals surface area contributed by atoms with E-state index in [1.807, 2.05) is 0 Å². The first-order valence-corrected chi connectivity index (χ1v) is 3.96. The summed E-state index contributed by atoms with van der Waals surface area (Å²) in [7, 11) is 0. The van der Waals surface area contributed by atoms with E-state index in [9.17, 15) is 4.79 Å². The minimum Gasteiger partial charge on any atom is -0.303 e. The maximum Gasteiger partial charge on any atom is 0.123 e. The molecule has 2 aliphatic rings. The van der Waals surface area contributed by atoms with Crippen LogP contribution in [0, 0.1) is 23.7 Å². The standard InChI is InChI=1S/C9H12O/c1-6-7-2-3-8(4-7)9(6)5-10/h2-3,5-9H,4H2,1H3/t6?,7-,8+,9+/m0/s1. The van der Waals surface area contributed by atoms with Gasteiger partial charge in [0.05, 0.1) is 0 Å². The fraction of sp³-hybridized carbons (Fsp3) is 0.667. The van der Waals surface area contributed by atoms with Gasteiger partial charge in [-0.3, -0.25) is 0 Å². The Morgan fingerprint density at radius 2 is 2.10 bits per heavy atom. The third-order valence-corrected chi connectivity index (χ3v) is 3.08. The molecule has 0 spiro atoms. The number of fused-ring (bicyclic) bond motifs is 2. The van der Waals surface area contributed by atoms with E-state index in [-0.39, 0.29) is 0 Å². The Balaban J connectivity index is 2.25. The minimum absolute atomic E-state index is 0.329. The second-order valence-electron chi connectivity index (χ2n) is 3.52. The van der Waals surface area contributed by atoms with Crippen LogP contribution in [0.25, 0.3) is 0 Å². The highest BCUT2D eigenvalue weighted by Crippen LogP contribution is 2.46. The number of rotatable bonds is 1. The first-order chi connectivity index (χ1) is 4.83. The molecule has 0 amide bonds. The van der Waals surface area contributed by atoms with Gasteiger partial charge >= 0.3 is 0 Å². The molecule has 0 aromatic carbocycles. The van der Waals surface area contributed by atoms with Crippen LogP contribution < -0.4 is 0 Å². The molecule has 0 N–H and O–H groups in total. The molecule has 1 nitrogen and oxygen atoms in total. The van der Waals surface area contributed by atoms with Crippen molar-refractivity contribution in [3.05, 3.63) is 12.2 Å². The van der Waals surface area contributed by atoms with Crippen LogP contribution in [0.3, 0.4) is 0 Å². The van der Waals surface area contributed by atoms with Crippen molar-refractivity contribution in [2.75, 3.05) is 0 Å². The van der Waals surface area contributed by atoms with Gasteiger partial charge in [-0.15, -0.1) is 0 Å². The first kappa shape index (κ1) is 6.14. The van der Waals surface area contributed by atoms with E-state index in [1.54, 1.807) is 0 Å². The molecule has 54 valence electrons. The van der Waals surface area contributed by atoms with Crippen LogP contribution in [-0.4, -0.2) is 6.29 Å². The molecule has 2 aliphatic carbocycles. The average molecular weight is 136 g/mol. The lowest BCUT2D eigenvalue weighted by Gasteiger charge is -2.18. The highest BCUT2D eigenvalue weighted by atomic mass is 16.1. The Bertz CT molecular complexity index is 183. The lowest BCUT2D eigenvalue weighted by Crippen LogP contribution is -2.17. The van der Waals surface area contributed by atoms with E-state index in [0.29, 0.717) is 23.7 Å². The van der Waals surface area contributed by atoms with Crippen LogP contribution in [0.4, 0.5) is 0 Å². The number of carbonyl (C=O) groups excluding carboxylic acids is 1. The minimum atomic E-state index is 0.329. The van der Waals surface area contributed by atoms with E-state index in [1.165, 1.54) is 6.42 Å². The SMILES string of the molecule is CC1[C@@H](C=O)[C@@H]2C=C[C@H]1C2. The summed E-state index contributed by atoms with van der Waals surface area (Å²) in [6.07, 6.45) is 6.85. The summed E-state index contributed by atoms with van der Waals surface area (Å²) in [6.45, 7) is 2.19. The Morgan fingerprint density at radius 3 is 2.50 bits per heavy atom. The van der Waals surface area contributed by atoms with Gasteiger partial charge in [0.15, 0.2) is 0 Å². The zero-order valence-electron chi connectivity index (χ0n) is 6.16. The predicted octanol–water partition coefficient (Wildman–Crippen LogP) is 1.64. The zero-order valence-corrected chi connectivity index (χ0v) is 6.16. The average Bonchev–Trinajstić information content (AvgIpc) is 2.46. The molecule has 1 unspecified atom stereocenters. The molecule has 0 aliphatic heterocycles. The highest BCUT2D eigenvalue weighted by molar-refractivity contribution is 5.57. The number of allylic oxidation sites excluding steroid dienone is 2. The molecular weight excluding hydrogens is 124 g/mol. The molecule has 0 radical (unpaired) electrons. The highest BCUT2D eigenvalue weighted by Gasteiger charge is 2.41. The third kappa shape index (κ3) is 0.606. The van der Waals surface area contributed by atoms with Gasteiger partial charge in [-0.05, 0) is 24.2 Å². The van der Waals surface area contributed by atoms with Crippen LogP contribution >= 0.6 is 0 Å². The van der Waals surface area contributed by atoms with Gasteiger partial charge in [0, 0.05) is 5.92 Å². The summed E-state index contributed by atoms with van der Waals surface area (Å²) in [5.41, 5.74) is 0. The predicted molar refractivity (Wildman–Crippen MR) is 39.5 cm³/mol. The maximum atomic E-state index is 10.6. The summed E-state index contributed by atoms with van der Waals surface area (Å²) in [5.74, 6) is 2.22. The van der Waals surface area contributed by atoms with Crippen molar-refractivity contribution >= 4 is 6.29 Å². The van der Waals surface area contributed by atoms with Crippen LogP contribution in [0.5, 0.6) is 0 Å². The van der Waals surface area contributed by atoms with Gasteiger partial charge in [-0.2, -0.15) is 0 Å². The lowest BCUT2D eigenvalue weighted by molar-refractivity contribution is -0.112. The molecule has 0 saturated heterocycles. The molecule has 2 rings (SSSR count). The normalized spacial score (nSPS) is 50.1. The number of aldehydes is 1. The van der Waals surface area contributed by atoms with E-state index in [4.69, 9.17) is 0 Å². The van der Waals surface area contributed by atoms with Crippen molar-refractivity contribution in [2.45, 2.75) is 13.3 Å². The molecule has 1 heteroatoms. The number of hydrogen-bond donors (Lipinski definition) is 0. The largest absolute Gasteiger partial charge is 0.303 e. The smallest absolute Gasteiger partial charge is 0.123 e. The Hall–Kier alpha value is -0.590. The van der Waals surface area contributed by atoms with Gasteiger partial charge < -0.3 is 4.79 Å². The fourth-order valence-electron chi connectivity index (χ4n) is 2.33. The van der Waals surface area contributed by atoms with Gasteiger partial charge in [0.2, 0.25) is 0 Å². The van der Waals surface area contributed by atoms with Crippen LogP contribution in [0.1, 0.15) is 13.3 Å². The molecule has 2 bridgehead atoms. The molecule has 4 atom stereocenters. The maximum absolute atomic E-state index is 10.6. The van der Waals surface area contributed by atoms with Gasteiger partial charge in [-0.25, -0.2) is 0 Å². The van der Waals surface area contributed by atoms with E-state index in [0.717, 1.165) is 6.29 Å². The summed E-state index contributed by atoms with van der Waals surface area (Å²) in [6, 6.07) is 0. The second kappa shape index (κ2) is 1.94. The van der Waals surface area contributed by atoms with Crippen LogP contribution in [-0.2, 0) is 4.79 Å². The van der Waals surface area contributed by atoms with Gasteiger partial charge in [0.1, 0.15) is 6.29 Å². The Kier molecular flexibility index (Phi) is 1.19. The monoisotopic (exact) mass is 136 g/mol. The van der Waals surface area contributed by atoms with Crippen molar-refractivity contribution in [1.82, 2.24) is 0 Å². The molecule has 1 saturated carbocycles. The van der Waals surface area contributed by atoms with Crippen LogP contribution in [0.2, 0.25) is 0 Å². The summed E-state index contributed by atoms with van der Waals surface area (Å²) in [5, 5.41) is 0. The van der Waals surface area contributed by atoms with Crippen molar-refractivity contribution in [3.63, 3.8) is 0 Å². The number of hydrogen-bond acceptors (Lipinski definition) is 1. The van der Waals surface area contributed by atoms with Crippen molar-refractivity contribution in [3.8, 4) is 0 Å². The quantitative estimate of drug-likeness (QED) is 0.395. The number of carbonyl (C=O) groups is 1. The molecule has 10 heavy (non-hydrogen) atoms. The summed E-state index contributed by atoms with van der Waals surface area (Å²) in [4.78, 5) is 10.6. The molecular formula is C9H12O. The topological polar surface area (TPSA) is 17.1 Å². The molecule has 0 heterocycles. The second-order valence-corrected chi connectivity index (χ2v) is 3.52. The van der Waals surface area contributed by atoms with Crippen molar-refractivity contribution < 1.29 is 4.79 Å². The van der Waals surface area contributed by atoms with E-state index in [2.05, 4.69) is 19.1 Å². The molecule has 1 fully saturated rings. The van der Waals surface area contributed by atoms with Crippen molar-refractivity contribution in [1.29, 1.82) is 0 Å². The fourth-order valence-corrected chi connectivity index (χ4v) is 2.33. The van der Waals surface area contributed by atoms with Gasteiger partial charge in [-0.1, -0.05) is 19.1 Å². The van der Waals surface area contributed by atoms with E-state index < -0.39 is 0 Å². The van der Waals surface area contributed by atoms with Crippen molar-refractivity contribution in [2.24, 2.45) is 23.7 Å². The third-order valence-electron chi connectivity index (χ3n) is 3.08. The van der Waals surface area contributed by atoms with E-state index >= 15 is 0 Å². The van der Waals surface area contributed by atoms with Gasteiger partial charge in [0.25, 0.3) is 0 Å². The lowest BCUT2D eigenvalue weighted by atomic mass is 9.86. The van der Waals surface area contributed by atoms with Crippen LogP contribution in [0.15, 0.2) is 12.2 Å². The molecule has 0 aromatic heterocycles. The Labute approximate surface area is 61.1 Å². The Morgan fingerprint density at radius 1 is 1.40 bits per heavy atom. The first-order valence-electron chi connectivity index (χ1n) is 3.96. The summed E-state index contributed by atoms with van der Waals surface area (Å²) >= 11 is 0. The molecule has 0 aromatic rings. The summed E-state index contributed by atoms with van der Waals surface area (Å²) < 4.78 is 0. The zero-order chi connectivity index (χ0) is 7.14.